The van der Waals surface area contributed by atoms with Gasteiger partial charge in [0.25, 0.3) is 0 Å². The van der Waals surface area contributed by atoms with Crippen molar-refractivity contribution in [2.45, 2.75) is 31.5 Å². The smallest absolute Gasteiger partial charge is 0.191 e. The Kier molecular flexibility index (Phi) is 5.71. The fourth-order valence-electron chi connectivity index (χ4n) is 2.23. The number of carbonyl (C=O) groups excluding carboxylic acids is 1. The highest BCUT2D eigenvalue weighted by Crippen LogP contribution is 2.24. The van der Waals surface area contributed by atoms with Gasteiger partial charge in [-0.25, -0.2) is 4.98 Å². The third kappa shape index (κ3) is 4.07. The Morgan fingerprint density at radius 2 is 2.25 bits per heavy atom. The van der Waals surface area contributed by atoms with E-state index in [-0.39, 0.29) is 5.78 Å². The van der Waals surface area contributed by atoms with Crippen molar-refractivity contribution in [3.8, 4) is 11.4 Å². The second-order valence-electron chi connectivity index (χ2n) is 5.13. The Labute approximate surface area is 148 Å². The molecule has 124 valence electrons. The van der Waals surface area contributed by atoms with Crippen LogP contribution in [-0.2, 0) is 17.8 Å². The van der Waals surface area contributed by atoms with E-state index in [1.807, 2.05) is 17.5 Å². The van der Waals surface area contributed by atoms with Crippen LogP contribution in [0.25, 0.3) is 11.4 Å². The van der Waals surface area contributed by atoms with Gasteiger partial charge in [-0.3, -0.25) is 9.78 Å². The van der Waals surface area contributed by atoms with Gasteiger partial charge in [-0.15, -0.1) is 21.5 Å². The molecule has 0 aromatic carbocycles. The van der Waals surface area contributed by atoms with Crippen LogP contribution in [-0.4, -0.2) is 36.3 Å². The molecule has 0 N–H and O–H groups in total. The Morgan fingerprint density at radius 1 is 1.33 bits per heavy atom. The number of hydrogen-bond donors (Lipinski definition) is 0. The summed E-state index contributed by atoms with van der Waals surface area (Å²) in [4.78, 5) is 20.4. The molecule has 24 heavy (non-hydrogen) atoms. The van der Waals surface area contributed by atoms with Gasteiger partial charge in [0.05, 0.1) is 17.2 Å². The summed E-state index contributed by atoms with van der Waals surface area (Å²) in [5, 5.41) is 12.1. The van der Waals surface area contributed by atoms with Gasteiger partial charge in [0.15, 0.2) is 11.0 Å². The average molecular weight is 359 g/mol. The van der Waals surface area contributed by atoms with Gasteiger partial charge < -0.3 is 4.57 Å². The number of hydrogen-bond acceptors (Lipinski definition) is 7. The maximum atomic E-state index is 12.1. The molecule has 3 heterocycles. The van der Waals surface area contributed by atoms with Crippen molar-refractivity contribution in [1.82, 2.24) is 24.7 Å². The third-order valence-corrected chi connectivity index (χ3v) is 5.08. The van der Waals surface area contributed by atoms with E-state index in [4.69, 9.17) is 0 Å². The first kappa shape index (κ1) is 16.8. The van der Waals surface area contributed by atoms with Crippen LogP contribution in [0.4, 0.5) is 0 Å². The standard InChI is InChI=1S/C16H17N5OS2/c1-2-7-21-15(12-4-3-5-17-10-12)19-20-16(21)24-11-13(22)9-14-18-6-8-23-14/h3-6,8,10H,2,7,9,11H2,1H3. The predicted octanol–water partition coefficient (Wildman–Crippen LogP) is 3.11. The van der Waals surface area contributed by atoms with E-state index in [9.17, 15) is 4.79 Å². The Hall–Kier alpha value is -2.06. The minimum atomic E-state index is 0.143. The van der Waals surface area contributed by atoms with Crippen molar-refractivity contribution in [3.05, 3.63) is 41.1 Å². The van der Waals surface area contributed by atoms with Crippen molar-refractivity contribution in [1.29, 1.82) is 0 Å². The second kappa shape index (κ2) is 8.16. The maximum absolute atomic E-state index is 12.1. The second-order valence-corrected chi connectivity index (χ2v) is 7.05. The average Bonchev–Trinajstić information content (AvgIpc) is 3.24. The normalized spacial score (nSPS) is 10.9. The van der Waals surface area contributed by atoms with E-state index in [1.165, 1.54) is 23.1 Å². The van der Waals surface area contributed by atoms with Gasteiger partial charge in [-0.05, 0) is 18.6 Å². The fraction of sp³-hybridized carbons (Fsp3) is 0.312. The zero-order valence-corrected chi connectivity index (χ0v) is 14.9. The lowest BCUT2D eigenvalue weighted by molar-refractivity contribution is -0.116. The molecule has 0 saturated heterocycles. The number of ketones is 1. The van der Waals surface area contributed by atoms with E-state index in [0.717, 1.165) is 34.5 Å². The maximum Gasteiger partial charge on any atom is 0.191 e. The molecule has 0 aliphatic heterocycles. The number of rotatable bonds is 8. The summed E-state index contributed by atoms with van der Waals surface area (Å²) >= 11 is 2.93. The molecule has 0 radical (unpaired) electrons. The molecule has 0 spiro atoms. The summed E-state index contributed by atoms with van der Waals surface area (Å²) < 4.78 is 2.05. The first-order valence-corrected chi connectivity index (χ1v) is 9.51. The van der Waals surface area contributed by atoms with Crippen molar-refractivity contribution in [3.63, 3.8) is 0 Å². The SMILES string of the molecule is CCCn1c(SCC(=O)Cc2nccs2)nnc1-c1cccnc1. The minimum absolute atomic E-state index is 0.143. The summed E-state index contributed by atoms with van der Waals surface area (Å²) in [5.41, 5.74) is 0.930. The van der Waals surface area contributed by atoms with Crippen LogP contribution in [0.2, 0.25) is 0 Å². The highest BCUT2D eigenvalue weighted by atomic mass is 32.2. The van der Waals surface area contributed by atoms with Crippen LogP contribution in [0.3, 0.4) is 0 Å². The zero-order valence-electron chi connectivity index (χ0n) is 13.3. The summed E-state index contributed by atoms with van der Waals surface area (Å²) in [6.07, 6.45) is 6.57. The number of thiazole rings is 1. The van der Waals surface area contributed by atoms with Crippen LogP contribution in [0, 0.1) is 0 Å². The van der Waals surface area contributed by atoms with Crippen molar-refractivity contribution >= 4 is 28.9 Å². The van der Waals surface area contributed by atoms with E-state index in [0.29, 0.717) is 12.2 Å². The molecule has 8 heteroatoms. The first-order chi connectivity index (χ1) is 11.8. The molecule has 0 aliphatic carbocycles. The molecule has 3 aromatic heterocycles. The number of pyridine rings is 1. The molecule has 0 fully saturated rings. The molecule has 3 rings (SSSR count). The number of carbonyl (C=O) groups is 1. The van der Waals surface area contributed by atoms with Crippen LogP contribution in [0.15, 0.2) is 41.3 Å². The van der Waals surface area contributed by atoms with E-state index in [2.05, 4.69) is 31.7 Å². The topological polar surface area (TPSA) is 73.6 Å². The molecule has 0 amide bonds. The number of Topliss-reactive ketones (excluding diaryl/α,β-unsaturated/α-hetero) is 1. The third-order valence-electron chi connectivity index (χ3n) is 3.28. The van der Waals surface area contributed by atoms with Gasteiger partial charge in [-0.2, -0.15) is 0 Å². The highest BCUT2D eigenvalue weighted by molar-refractivity contribution is 7.99. The molecular formula is C16H17N5OS2. The molecule has 6 nitrogen and oxygen atoms in total. The van der Waals surface area contributed by atoms with Crippen LogP contribution in [0.1, 0.15) is 18.4 Å². The lowest BCUT2D eigenvalue weighted by atomic mass is 10.2. The first-order valence-electron chi connectivity index (χ1n) is 7.64. The highest BCUT2D eigenvalue weighted by Gasteiger charge is 2.15. The molecule has 0 atom stereocenters. The molecule has 0 saturated carbocycles. The number of aromatic nitrogens is 5. The predicted molar refractivity (Wildman–Crippen MR) is 95.1 cm³/mol. The van der Waals surface area contributed by atoms with E-state index in [1.54, 1.807) is 18.6 Å². The molecule has 3 aromatic rings. The van der Waals surface area contributed by atoms with E-state index < -0.39 is 0 Å². The summed E-state index contributed by atoms with van der Waals surface area (Å²) in [6, 6.07) is 3.84. The molecule has 0 bridgehead atoms. The monoisotopic (exact) mass is 359 g/mol. The van der Waals surface area contributed by atoms with Gasteiger partial charge in [0, 0.05) is 36.1 Å². The summed E-state index contributed by atoms with van der Waals surface area (Å²) in [5.74, 6) is 1.30. The number of nitrogens with zero attached hydrogens (tertiary/aromatic N) is 5. The van der Waals surface area contributed by atoms with Gasteiger partial charge in [0.2, 0.25) is 0 Å². The quantitative estimate of drug-likeness (QED) is 0.575. The van der Waals surface area contributed by atoms with Crippen molar-refractivity contribution in [2.24, 2.45) is 0 Å². The molecular weight excluding hydrogens is 342 g/mol. The Bertz CT molecular complexity index is 786. The largest absolute Gasteiger partial charge is 0.302 e. The van der Waals surface area contributed by atoms with Crippen LogP contribution < -0.4 is 0 Å². The minimum Gasteiger partial charge on any atom is -0.302 e. The van der Waals surface area contributed by atoms with Crippen molar-refractivity contribution in [2.75, 3.05) is 5.75 Å². The van der Waals surface area contributed by atoms with Gasteiger partial charge in [0.1, 0.15) is 5.78 Å². The molecule has 0 unspecified atom stereocenters. The number of thioether (sulfide) groups is 1. The summed E-state index contributed by atoms with van der Waals surface area (Å²) in [6.45, 7) is 2.91. The van der Waals surface area contributed by atoms with Crippen molar-refractivity contribution < 1.29 is 4.79 Å². The Morgan fingerprint density at radius 3 is 2.96 bits per heavy atom. The van der Waals surface area contributed by atoms with Crippen LogP contribution in [0.5, 0.6) is 0 Å². The lowest BCUT2D eigenvalue weighted by Gasteiger charge is -2.08. The van der Waals surface area contributed by atoms with E-state index >= 15 is 0 Å². The van der Waals surface area contributed by atoms with Gasteiger partial charge >= 0.3 is 0 Å². The van der Waals surface area contributed by atoms with Gasteiger partial charge in [-0.1, -0.05) is 18.7 Å². The van der Waals surface area contributed by atoms with Crippen LogP contribution >= 0.6 is 23.1 Å². The fourth-order valence-corrected chi connectivity index (χ4v) is 3.70. The summed E-state index contributed by atoms with van der Waals surface area (Å²) in [7, 11) is 0. The zero-order chi connectivity index (χ0) is 16.8. The molecule has 0 aliphatic rings. The lowest BCUT2D eigenvalue weighted by Crippen LogP contribution is -2.07. The Balaban J connectivity index is 1.71.